The molecule has 26 heavy (non-hydrogen) atoms. The van der Waals surface area contributed by atoms with Crippen molar-refractivity contribution in [3.8, 4) is 0 Å². The van der Waals surface area contributed by atoms with E-state index in [1.807, 2.05) is 25.1 Å². The number of anilines is 1. The lowest BCUT2D eigenvalue weighted by molar-refractivity contribution is -0.145. The first-order valence-electron chi connectivity index (χ1n) is 8.14. The topological polar surface area (TPSA) is 72.5 Å². The number of hydrogen-bond acceptors (Lipinski definition) is 5. The van der Waals surface area contributed by atoms with E-state index in [0.717, 1.165) is 16.0 Å². The van der Waals surface area contributed by atoms with Gasteiger partial charge in [-0.2, -0.15) is 0 Å². The predicted molar refractivity (Wildman–Crippen MR) is 104 cm³/mol. The van der Waals surface area contributed by atoms with E-state index in [1.165, 1.54) is 18.4 Å². The molecule has 0 bridgehead atoms. The van der Waals surface area contributed by atoms with Gasteiger partial charge in [0.2, 0.25) is 5.91 Å². The summed E-state index contributed by atoms with van der Waals surface area (Å²) < 4.78 is 4.86. The van der Waals surface area contributed by atoms with Gasteiger partial charge in [-0.15, -0.1) is 11.3 Å². The van der Waals surface area contributed by atoms with Crippen LogP contribution in [0.15, 0.2) is 24.3 Å². The molecule has 0 spiro atoms. The molecule has 0 saturated heterocycles. The molecule has 0 saturated carbocycles. The molecule has 3 rings (SSSR count). The molecule has 1 aromatic carbocycles. The molecule has 1 amide bonds. The summed E-state index contributed by atoms with van der Waals surface area (Å²) >= 11 is 4.50. The van der Waals surface area contributed by atoms with Crippen molar-refractivity contribution in [1.29, 1.82) is 0 Å². The number of amides is 1. The molecule has 136 valence electrons. The largest absolute Gasteiger partial charge is 0.469 e. The second-order valence-corrected chi connectivity index (χ2v) is 7.83. The number of methoxy groups -OCH3 is 1. The molecule has 1 unspecified atom stereocenters. The number of esters is 1. The Balaban J connectivity index is 2.05. The van der Waals surface area contributed by atoms with Crippen LogP contribution in [0.25, 0.3) is 0 Å². The average Bonchev–Trinajstić information content (AvgIpc) is 3.18. The zero-order chi connectivity index (χ0) is 18.8. The SMILES string of the molecule is COC(=O)C1Cc2sc(NC(=O)CBr)c(C(=O)c3ccccc3C)c2C1. The van der Waals surface area contributed by atoms with Crippen LogP contribution >= 0.6 is 27.3 Å². The number of aryl methyl sites for hydroxylation is 1. The minimum absolute atomic E-state index is 0.129. The van der Waals surface area contributed by atoms with Crippen molar-refractivity contribution in [1.82, 2.24) is 0 Å². The number of nitrogens with one attached hydrogen (secondary N) is 1. The van der Waals surface area contributed by atoms with Crippen molar-refractivity contribution in [2.75, 3.05) is 17.8 Å². The van der Waals surface area contributed by atoms with E-state index in [4.69, 9.17) is 4.74 Å². The number of ketones is 1. The van der Waals surface area contributed by atoms with Crippen LogP contribution in [0, 0.1) is 12.8 Å². The third-order valence-corrected chi connectivity index (χ3v) is 6.18. The summed E-state index contributed by atoms with van der Waals surface area (Å²) in [7, 11) is 1.37. The van der Waals surface area contributed by atoms with Crippen molar-refractivity contribution in [2.45, 2.75) is 19.8 Å². The summed E-state index contributed by atoms with van der Waals surface area (Å²) in [5, 5.41) is 3.52. The highest BCUT2D eigenvalue weighted by atomic mass is 79.9. The number of carbonyl (C=O) groups is 3. The van der Waals surface area contributed by atoms with E-state index in [-0.39, 0.29) is 28.9 Å². The molecule has 0 radical (unpaired) electrons. The highest BCUT2D eigenvalue weighted by Gasteiger charge is 2.36. The molecule has 0 fully saturated rings. The van der Waals surface area contributed by atoms with Gasteiger partial charge in [0.15, 0.2) is 5.78 Å². The number of rotatable bonds is 5. The van der Waals surface area contributed by atoms with Gasteiger partial charge < -0.3 is 10.1 Å². The molecule has 1 N–H and O–H groups in total. The summed E-state index contributed by atoms with van der Waals surface area (Å²) in [5.74, 6) is -0.886. The normalized spacial score (nSPS) is 15.4. The van der Waals surface area contributed by atoms with E-state index in [2.05, 4.69) is 21.2 Å². The Hall–Kier alpha value is -1.99. The molecule has 1 aromatic heterocycles. The summed E-state index contributed by atoms with van der Waals surface area (Å²) in [4.78, 5) is 38.0. The van der Waals surface area contributed by atoms with Crippen LogP contribution in [0.1, 0.15) is 31.9 Å². The van der Waals surface area contributed by atoms with E-state index in [9.17, 15) is 14.4 Å². The van der Waals surface area contributed by atoms with Gasteiger partial charge in [0.1, 0.15) is 5.00 Å². The lowest BCUT2D eigenvalue weighted by Gasteiger charge is -2.11. The molecular formula is C19H18BrNO4S. The number of fused-ring (bicyclic) bond motifs is 1. The van der Waals surface area contributed by atoms with Gasteiger partial charge >= 0.3 is 5.97 Å². The Morgan fingerprint density at radius 2 is 2.00 bits per heavy atom. The Kier molecular flexibility index (Phi) is 5.58. The first-order chi connectivity index (χ1) is 12.5. The molecule has 5 nitrogen and oxygen atoms in total. The minimum Gasteiger partial charge on any atom is -0.469 e. The fraction of sp³-hybridized carbons (Fsp3) is 0.316. The second-order valence-electron chi connectivity index (χ2n) is 6.16. The number of hydrogen-bond donors (Lipinski definition) is 1. The van der Waals surface area contributed by atoms with Crippen molar-refractivity contribution < 1.29 is 19.1 Å². The zero-order valence-electron chi connectivity index (χ0n) is 14.4. The third-order valence-electron chi connectivity index (χ3n) is 4.50. The van der Waals surface area contributed by atoms with Gasteiger partial charge in [-0.05, 0) is 30.9 Å². The Bertz CT molecular complexity index is 890. The fourth-order valence-electron chi connectivity index (χ4n) is 3.22. The lowest BCUT2D eigenvalue weighted by atomic mass is 9.96. The zero-order valence-corrected chi connectivity index (χ0v) is 16.8. The summed E-state index contributed by atoms with van der Waals surface area (Å²) in [5.41, 5.74) is 2.82. The average molecular weight is 436 g/mol. The molecule has 2 aromatic rings. The van der Waals surface area contributed by atoms with Crippen molar-refractivity contribution in [3.05, 3.63) is 51.4 Å². The number of alkyl halides is 1. The van der Waals surface area contributed by atoms with Crippen LogP contribution in [0.5, 0.6) is 0 Å². The highest BCUT2D eigenvalue weighted by Crippen LogP contribution is 2.42. The first-order valence-corrected chi connectivity index (χ1v) is 10.1. The van der Waals surface area contributed by atoms with E-state index in [0.29, 0.717) is 29.0 Å². The number of carbonyl (C=O) groups excluding carboxylic acids is 3. The van der Waals surface area contributed by atoms with Gasteiger partial charge in [0.05, 0.1) is 23.9 Å². The quantitative estimate of drug-likeness (QED) is 0.443. The smallest absolute Gasteiger partial charge is 0.309 e. The van der Waals surface area contributed by atoms with Crippen LogP contribution in [0.3, 0.4) is 0 Å². The molecule has 0 aliphatic heterocycles. The maximum atomic E-state index is 13.3. The van der Waals surface area contributed by atoms with Gasteiger partial charge in [-0.25, -0.2) is 0 Å². The van der Waals surface area contributed by atoms with E-state index in [1.54, 1.807) is 6.07 Å². The van der Waals surface area contributed by atoms with Crippen LogP contribution in [0.2, 0.25) is 0 Å². The number of thiophene rings is 1. The highest BCUT2D eigenvalue weighted by molar-refractivity contribution is 9.09. The Labute approximate surface area is 163 Å². The number of benzene rings is 1. The fourth-order valence-corrected chi connectivity index (χ4v) is 4.68. The van der Waals surface area contributed by atoms with E-state index >= 15 is 0 Å². The first kappa shape index (κ1) is 18.8. The molecule has 7 heteroatoms. The monoisotopic (exact) mass is 435 g/mol. The van der Waals surface area contributed by atoms with Crippen LogP contribution in [0.4, 0.5) is 5.00 Å². The molecule has 1 atom stereocenters. The maximum absolute atomic E-state index is 13.3. The number of ether oxygens (including phenoxy) is 1. The Morgan fingerprint density at radius 1 is 1.27 bits per heavy atom. The van der Waals surface area contributed by atoms with E-state index < -0.39 is 0 Å². The minimum atomic E-state index is -0.273. The molecule has 1 aliphatic rings. The number of halogens is 1. The van der Waals surface area contributed by atoms with Crippen LogP contribution < -0.4 is 5.32 Å². The van der Waals surface area contributed by atoms with Crippen LogP contribution in [-0.4, -0.2) is 30.1 Å². The van der Waals surface area contributed by atoms with Gasteiger partial charge in [-0.3, -0.25) is 14.4 Å². The summed E-state index contributed by atoms with van der Waals surface area (Å²) in [6.45, 7) is 1.88. The summed E-state index contributed by atoms with van der Waals surface area (Å²) in [6.07, 6.45) is 0.987. The molecular weight excluding hydrogens is 418 g/mol. The summed E-state index contributed by atoms with van der Waals surface area (Å²) in [6, 6.07) is 7.37. The van der Waals surface area contributed by atoms with Crippen molar-refractivity contribution in [2.24, 2.45) is 5.92 Å². The second kappa shape index (κ2) is 7.72. The Morgan fingerprint density at radius 3 is 2.65 bits per heavy atom. The lowest BCUT2D eigenvalue weighted by Crippen LogP contribution is -2.18. The third kappa shape index (κ3) is 3.46. The van der Waals surface area contributed by atoms with Gasteiger partial charge in [0, 0.05) is 10.4 Å². The van der Waals surface area contributed by atoms with Crippen molar-refractivity contribution in [3.63, 3.8) is 0 Å². The molecule has 1 aliphatic carbocycles. The predicted octanol–water partition coefficient (Wildman–Crippen LogP) is 3.51. The van der Waals surface area contributed by atoms with Gasteiger partial charge in [0.25, 0.3) is 0 Å². The van der Waals surface area contributed by atoms with Crippen molar-refractivity contribution >= 4 is 49.9 Å². The van der Waals surface area contributed by atoms with Crippen LogP contribution in [-0.2, 0) is 27.2 Å². The maximum Gasteiger partial charge on any atom is 0.309 e. The van der Waals surface area contributed by atoms with Gasteiger partial charge in [-0.1, -0.05) is 40.2 Å². The standard InChI is InChI=1S/C19H18BrNO4S/c1-10-5-3-4-6-12(10)17(23)16-13-7-11(19(24)25-2)8-14(13)26-18(16)21-15(22)9-20/h3-6,11H,7-9H2,1-2H3,(H,21,22). The molecule has 1 heterocycles.